The maximum absolute atomic E-state index is 12.5. The van der Waals surface area contributed by atoms with Crippen LogP contribution in [0.25, 0.3) is 0 Å². The SMILES string of the molecule is CC(C)(C(=O)Nc1ccc(Br)c(Cl)c1)c1ccccc1. The Bertz CT molecular complexity index is 626. The topological polar surface area (TPSA) is 29.1 Å². The molecule has 0 atom stereocenters. The molecule has 0 saturated carbocycles. The first-order valence-corrected chi connectivity index (χ1v) is 7.40. The molecule has 0 heterocycles. The smallest absolute Gasteiger partial charge is 0.234 e. The zero-order chi connectivity index (χ0) is 14.8. The van der Waals surface area contributed by atoms with E-state index < -0.39 is 5.41 Å². The average Bonchev–Trinajstić information content (AvgIpc) is 2.44. The van der Waals surface area contributed by atoms with Crippen molar-refractivity contribution in [1.82, 2.24) is 0 Å². The summed E-state index contributed by atoms with van der Waals surface area (Å²) in [6.45, 7) is 3.80. The summed E-state index contributed by atoms with van der Waals surface area (Å²) < 4.78 is 0.805. The van der Waals surface area contributed by atoms with Gasteiger partial charge in [-0.15, -0.1) is 0 Å². The molecular formula is C16H15BrClNO. The summed E-state index contributed by atoms with van der Waals surface area (Å²) in [6, 6.07) is 15.1. The van der Waals surface area contributed by atoms with E-state index in [-0.39, 0.29) is 5.91 Å². The monoisotopic (exact) mass is 351 g/mol. The van der Waals surface area contributed by atoms with E-state index in [1.165, 1.54) is 0 Å². The lowest BCUT2D eigenvalue weighted by atomic mass is 9.83. The summed E-state index contributed by atoms with van der Waals surface area (Å²) in [5.74, 6) is -0.0675. The molecule has 2 aromatic rings. The highest BCUT2D eigenvalue weighted by molar-refractivity contribution is 9.10. The van der Waals surface area contributed by atoms with Crippen LogP contribution in [-0.4, -0.2) is 5.91 Å². The highest BCUT2D eigenvalue weighted by atomic mass is 79.9. The van der Waals surface area contributed by atoms with Gasteiger partial charge >= 0.3 is 0 Å². The normalized spacial score (nSPS) is 11.2. The lowest BCUT2D eigenvalue weighted by molar-refractivity contribution is -0.120. The number of amides is 1. The molecule has 2 nitrogen and oxygen atoms in total. The molecule has 0 aliphatic carbocycles. The molecule has 0 aliphatic rings. The minimum atomic E-state index is -0.610. The van der Waals surface area contributed by atoms with E-state index in [4.69, 9.17) is 11.6 Å². The summed E-state index contributed by atoms with van der Waals surface area (Å²) in [5, 5.41) is 3.47. The Morgan fingerprint density at radius 3 is 2.40 bits per heavy atom. The van der Waals surface area contributed by atoms with Crippen molar-refractivity contribution in [2.45, 2.75) is 19.3 Å². The second-order valence-electron chi connectivity index (χ2n) is 5.07. The molecule has 2 aromatic carbocycles. The third kappa shape index (κ3) is 3.22. The maximum atomic E-state index is 12.5. The van der Waals surface area contributed by atoms with Crippen LogP contribution in [-0.2, 0) is 10.2 Å². The standard InChI is InChI=1S/C16H15BrClNO/c1-16(2,11-6-4-3-5-7-11)15(20)19-12-8-9-13(17)14(18)10-12/h3-10H,1-2H3,(H,19,20). The van der Waals surface area contributed by atoms with Gasteiger partial charge in [0.2, 0.25) is 5.91 Å². The van der Waals surface area contributed by atoms with Gasteiger partial charge in [0.1, 0.15) is 0 Å². The second-order valence-corrected chi connectivity index (χ2v) is 6.34. The molecule has 0 bridgehead atoms. The Labute approximate surface area is 132 Å². The molecule has 1 amide bonds. The number of nitrogens with one attached hydrogen (secondary N) is 1. The van der Waals surface area contributed by atoms with Gasteiger partial charge in [-0.05, 0) is 53.5 Å². The van der Waals surface area contributed by atoms with Crippen molar-refractivity contribution in [3.63, 3.8) is 0 Å². The fourth-order valence-corrected chi connectivity index (χ4v) is 2.27. The summed E-state index contributed by atoms with van der Waals surface area (Å²) in [4.78, 5) is 12.5. The fourth-order valence-electron chi connectivity index (χ4n) is 1.85. The minimum Gasteiger partial charge on any atom is -0.325 e. The lowest BCUT2D eigenvalue weighted by Crippen LogP contribution is -2.34. The molecule has 0 aliphatic heterocycles. The molecule has 0 spiro atoms. The summed E-state index contributed by atoms with van der Waals surface area (Å²) >= 11 is 9.36. The van der Waals surface area contributed by atoms with Crippen LogP contribution in [0, 0.1) is 0 Å². The van der Waals surface area contributed by atoms with Gasteiger partial charge in [0.15, 0.2) is 0 Å². The molecule has 0 saturated heterocycles. The fraction of sp³-hybridized carbons (Fsp3) is 0.188. The Balaban J connectivity index is 2.21. The van der Waals surface area contributed by atoms with E-state index in [1.807, 2.05) is 56.3 Å². The van der Waals surface area contributed by atoms with Crippen LogP contribution >= 0.6 is 27.5 Å². The number of carbonyl (C=O) groups excluding carboxylic acids is 1. The van der Waals surface area contributed by atoms with Gasteiger partial charge in [0.05, 0.1) is 10.4 Å². The first-order chi connectivity index (χ1) is 9.41. The molecule has 4 heteroatoms. The number of rotatable bonds is 3. The molecule has 0 unspecified atom stereocenters. The van der Waals surface area contributed by atoms with Gasteiger partial charge in [0, 0.05) is 10.2 Å². The molecule has 0 aromatic heterocycles. The molecule has 104 valence electrons. The predicted molar refractivity (Wildman–Crippen MR) is 87.2 cm³/mol. The number of hydrogen-bond acceptors (Lipinski definition) is 1. The van der Waals surface area contributed by atoms with Crippen molar-refractivity contribution in [2.75, 3.05) is 5.32 Å². The zero-order valence-electron chi connectivity index (χ0n) is 11.3. The van der Waals surface area contributed by atoms with Crippen molar-refractivity contribution in [2.24, 2.45) is 0 Å². The molecule has 0 fully saturated rings. The first-order valence-electron chi connectivity index (χ1n) is 6.23. The molecule has 1 N–H and O–H groups in total. The van der Waals surface area contributed by atoms with Crippen molar-refractivity contribution >= 4 is 39.1 Å². The van der Waals surface area contributed by atoms with E-state index in [0.29, 0.717) is 10.7 Å². The van der Waals surface area contributed by atoms with Gasteiger partial charge < -0.3 is 5.32 Å². The number of benzene rings is 2. The third-order valence-corrected chi connectivity index (χ3v) is 4.47. The van der Waals surface area contributed by atoms with Gasteiger partial charge in [-0.1, -0.05) is 41.9 Å². The first kappa shape index (κ1) is 15.1. The van der Waals surface area contributed by atoms with Crippen molar-refractivity contribution in [3.8, 4) is 0 Å². The minimum absolute atomic E-state index is 0.0675. The van der Waals surface area contributed by atoms with Crippen molar-refractivity contribution in [3.05, 3.63) is 63.6 Å². The predicted octanol–water partition coefficient (Wildman–Crippen LogP) is 5.02. The van der Waals surface area contributed by atoms with Crippen molar-refractivity contribution in [1.29, 1.82) is 0 Å². The quantitative estimate of drug-likeness (QED) is 0.825. The molecule has 0 radical (unpaired) electrons. The number of carbonyl (C=O) groups is 1. The van der Waals surface area contributed by atoms with E-state index in [1.54, 1.807) is 6.07 Å². The van der Waals surface area contributed by atoms with Crippen LogP contribution < -0.4 is 5.32 Å². The van der Waals surface area contributed by atoms with Crippen LogP contribution in [0.4, 0.5) is 5.69 Å². The summed E-state index contributed by atoms with van der Waals surface area (Å²) in [6.07, 6.45) is 0. The average molecular weight is 353 g/mol. The molecular weight excluding hydrogens is 338 g/mol. The Morgan fingerprint density at radius 2 is 1.80 bits per heavy atom. The van der Waals surface area contributed by atoms with Crippen LogP contribution in [0.15, 0.2) is 53.0 Å². The summed E-state index contributed by atoms with van der Waals surface area (Å²) in [5.41, 5.74) is 1.05. The molecule has 2 rings (SSSR count). The molecule has 20 heavy (non-hydrogen) atoms. The van der Waals surface area contributed by atoms with E-state index in [0.717, 1.165) is 10.0 Å². The van der Waals surface area contributed by atoms with Crippen LogP contribution in [0.5, 0.6) is 0 Å². The maximum Gasteiger partial charge on any atom is 0.234 e. The second kappa shape index (κ2) is 5.98. The lowest BCUT2D eigenvalue weighted by Gasteiger charge is -2.24. The highest BCUT2D eigenvalue weighted by Gasteiger charge is 2.29. The van der Waals surface area contributed by atoms with Gasteiger partial charge in [-0.3, -0.25) is 4.79 Å². The zero-order valence-corrected chi connectivity index (χ0v) is 13.6. The Morgan fingerprint density at radius 1 is 1.15 bits per heavy atom. The number of anilines is 1. The van der Waals surface area contributed by atoms with Gasteiger partial charge in [-0.25, -0.2) is 0 Å². The van der Waals surface area contributed by atoms with Crippen molar-refractivity contribution < 1.29 is 4.79 Å². The van der Waals surface area contributed by atoms with E-state index in [2.05, 4.69) is 21.2 Å². The highest BCUT2D eigenvalue weighted by Crippen LogP contribution is 2.28. The Kier molecular flexibility index (Phi) is 4.51. The number of halogens is 2. The van der Waals surface area contributed by atoms with E-state index >= 15 is 0 Å². The number of hydrogen-bond donors (Lipinski definition) is 1. The van der Waals surface area contributed by atoms with E-state index in [9.17, 15) is 4.79 Å². The largest absolute Gasteiger partial charge is 0.325 e. The third-order valence-electron chi connectivity index (χ3n) is 3.24. The van der Waals surface area contributed by atoms with Gasteiger partial charge in [0.25, 0.3) is 0 Å². The Hall–Kier alpha value is -1.32. The summed E-state index contributed by atoms with van der Waals surface area (Å²) in [7, 11) is 0. The van der Waals surface area contributed by atoms with Crippen LogP contribution in [0.2, 0.25) is 5.02 Å². The van der Waals surface area contributed by atoms with Gasteiger partial charge in [-0.2, -0.15) is 0 Å². The van der Waals surface area contributed by atoms with Crippen LogP contribution in [0.3, 0.4) is 0 Å². The van der Waals surface area contributed by atoms with Crippen LogP contribution in [0.1, 0.15) is 19.4 Å².